The van der Waals surface area contributed by atoms with E-state index in [4.69, 9.17) is 0 Å². The van der Waals surface area contributed by atoms with E-state index in [-0.39, 0.29) is 0 Å². The summed E-state index contributed by atoms with van der Waals surface area (Å²) in [5.74, 6) is 1.60. The summed E-state index contributed by atoms with van der Waals surface area (Å²) in [4.78, 5) is 9.02. The van der Waals surface area contributed by atoms with Crippen molar-refractivity contribution in [2.24, 2.45) is 0 Å². The normalized spacial score (nSPS) is 11.0. The van der Waals surface area contributed by atoms with Crippen molar-refractivity contribution < 1.29 is 0 Å². The first-order valence-electron chi connectivity index (χ1n) is 6.74. The van der Waals surface area contributed by atoms with Gasteiger partial charge in [0.1, 0.15) is 5.82 Å². The molecule has 2 aromatic rings. The number of aromatic nitrogens is 4. The van der Waals surface area contributed by atoms with E-state index in [1.165, 1.54) is 0 Å². The van der Waals surface area contributed by atoms with Crippen LogP contribution in [-0.4, -0.2) is 26.3 Å². The molecule has 0 spiro atoms. The van der Waals surface area contributed by atoms with E-state index in [0.717, 1.165) is 35.9 Å². The lowest BCUT2D eigenvalue weighted by Crippen LogP contribution is -2.04. The summed E-state index contributed by atoms with van der Waals surface area (Å²) in [6, 6.07) is 2.31. The van der Waals surface area contributed by atoms with Gasteiger partial charge in [-0.05, 0) is 27.2 Å². The minimum absolute atomic E-state index is 0.344. The lowest BCUT2D eigenvalue weighted by Gasteiger charge is -2.06. The van der Waals surface area contributed by atoms with Crippen molar-refractivity contribution in [3.05, 3.63) is 24.2 Å². The Labute approximate surface area is 114 Å². The molecule has 0 aliphatic rings. The standard InChI is InChI=1S/C14H21N5/c1-5-6-15-13-7-11(4)17-14(18-13)12-8-16-19(9-12)10(2)3/h7-10H,5-6H2,1-4H3,(H,15,17,18). The predicted molar refractivity (Wildman–Crippen MR) is 77.2 cm³/mol. The summed E-state index contributed by atoms with van der Waals surface area (Å²) >= 11 is 0. The molecule has 0 saturated carbocycles. The molecule has 5 heteroatoms. The third-order valence-electron chi connectivity index (χ3n) is 2.80. The molecule has 0 aliphatic carbocycles. The van der Waals surface area contributed by atoms with Gasteiger partial charge in [-0.2, -0.15) is 5.10 Å². The number of nitrogens with one attached hydrogen (secondary N) is 1. The highest BCUT2D eigenvalue weighted by molar-refractivity contribution is 5.55. The van der Waals surface area contributed by atoms with Crippen molar-refractivity contribution in [2.45, 2.75) is 40.2 Å². The maximum atomic E-state index is 4.54. The number of nitrogens with zero attached hydrogens (tertiary/aromatic N) is 4. The van der Waals surface area contributed by atoms with Gasteiger partial charge in [0.05, 0.1) is 11.8 Å². The molecule has 5 nitrogen and oxygen atoms in total. The van der Waals surface area contributed by atoms with Crippen LogP contribution in [0.3, 0.4) is 0 Å². The number of anilines is 1. The van der Waals surface area contributed by atoms with E-state index < -0.39 is 0 Å². The van der Waals surface area contributed by atoms with Crippen molar-refractivity contribution in [2.75, 3.05) is 11.9 Å². The fourth-order valence-electron chi connectivity index (χ4n) is 1.78. The van der Waals surface area contributed by atoms with Gasteiger partial charge in [0.25, 0.3) is 0 Å². The van der Waals surface area contributed by atoms with E-state index in [1.54, 1.807) is 0 Å². The summed E-state index contributed by atoms with van der Waals surface area (Å²) in [6.07, 6.45) is 4.88. The summed E-state index contributed by atoms with van der Waals surface area (Å²) in [7, 11) is 0. The van der Waals surface area contributed by atoms with Gasteiger partial charge in [0.2, 0.25) is 0 Å². The first-order valence-corrected chi connectivity index (χ1v) is 6.74. The van der Waals surface area contributed by atoms with Crippen molar-refractivity contribution in [1.82, 2.24) is 19.7 Å². The second-order valence-corrected chi connectivity index (χ2v) is 4.95. The molecule has 0 amide bonds. The highest BCUT2D eigenvalue weighted by atomic mass is 15.3. The summed E-state index contributed by atoms with van der Waals surface area (Å²) in [6.45, 7) is 9.23. The molecule has 1 N–H and O–H groups in total. The number of rotatable bonds is 5. The van der Waals surface area contributed by atoms with E-state index in [2.05, 4.69) is 41.2 Å². The molecule has 0 radical (unpaired) electrons. The SMILES string of the molecule is CCCNc1cc(C)nc(-c2cnn(C(C)C)c2)n1. The number of aryl methyl sites for hydroxylation is 1. The monoisotopic (exact) mass is 259 g/mol. The Bertz CT molecular complexity index is 545. The smallest absolute Gasteiger partial charge is 0.164 e. The molecule has 0 aromatic carbocycles. The predicted octanol–water partition coefficient (Wildman–Crippen LogP) is 3.05. The minimum Gasteiger partial charge on any atom is -0.370 e. The van der Waals surface area contributed by atoms with Crippen molar-refractivity contribution >= 4 is 5.82 Å². The van der Waals surface area contributed by atoms with E-state index >= 15 is 0 Å². The second-order valence-electron chi connectivity index (χ2n) is 4.95. The van der Waals surface area contributed by atoms with Crippen molar-refractivity contribution in [1.29, 1.82) is 0 Å². The Kier molecular flexibility index (Phi) is 4.14. The molecular weight excluding hydrogens is 238 g/mol. The molecule has 102 valence electrons. The number of hydrogen-bond donors (Lipinski definition) is 1. The third-order valence-corrected chi connectivity index (χ3v) is 2.80. The molecule has 0 saturated heterocycles. The molecule has 2 rings (SSSR count). The summed E-state index contributed by atoms with van der Waals surface area (Å²) in [5.41, 5.74) is 1.91. The van der Waals surface area contributed by atoms with Gasteiger partial charge >= 0.3 is 0 Å². The minimum atomic E-state index is 0.344. The fraction of sp³-hybridized carbons (Fsp3) is 0.500. The molecule has 0 atom stereocenters. The average molecular weight is 259 g/mol. The van der Waals surface area contributed by atoms with Gasteiger partial charge in [-0.1, -0.05) is 6.92 Å². The van der Waals surface area contributed by atoms with Gasteiger partial charge in [-0.15, -0.1) is 0 Å². The maximum Gasteiger partial charge on any atom is 0.164 e. The van der Waals surface area contributed by atoms with Gasteiger partial charge in [0.15, 0.2) is 5.82 Å². The van der Waals surface area contributed by atoms with Crippen LogP contribution < -0.4 is 5.32 Å². The Morgan fingerprint density at radius 2 is 2.11 bits per heavy atom. The van der Waals surface area contributed by atoms with Crippen molar-refractivity contribution in [3.63, 3.8) is 0 Å². The fourth-order valence-corrected chi connectivity index (χ4v) is 1.78. The Morgan fingerprint density at radius 1 is 1.32 bits per heavy atom. The molecule has 2 aromatic heterocycles. The zero-order valence-corrected chi connectivity index (χ0v) is 12.0. The summed E-state index contributed by atoms with van der Waals surface area (Å²) in [5, 5.41) is 7.63. The van der Waals surface area contributed by atoms with Crippen LogP contribution in [0.5, 0.6) is 0 Å². The topological polar surface area (TPSA) is 55.6 Å². The highest BCUT2D eigenvalue weighted by Gasteiger charge is 2.08. The Hall–Kier alpha value is -1.91. The van der Waals surface area contributed by atoms with Crippen LogP contribution >= 0.6 is 0 Å². The Balaban J connectivity index is 2.29. The first kappa shape index (κ1) is 13.5. The summed E-state index contributed by atoms with van der Waals surface area (Å²) < 4.78 is 1.92. The molecule has 2 heterocycles. The van der Waals surface area contributed by atoms with Gasteiger partial charge in [-0.3, -0.25) is 4.68 Å². The van der Waals surface area contributed by atoms with Crippen LogP contribution in [0.2, 0.25) is 0 Å². The third kappa shape index (κ3) is 3.30. The maximum absolute atomic E-state index is 4.54. The van der Waals surface area contributed by atoms with Gasteiger partial charge < -0.3 is 5.32 Å². The van der Waals surface area contributed by atoms with Crippen LogP contribution in [0, 0.1) is 6.92 Å². The lowest BCUT2D eigenvalue weighted by atomic mass is 10.3. The first-order chi connectivity index (χ1) is 9.10. The van der Waals surface area contributed by atoms with E-state index in [9.17, 15) is 0 Å². The van der Waals surface area contributed by atoms with Crippen LogP contribution in [0.25, 0.3) is 11.4 Å². The van der Waals surface area contributed by atoms with Crippen LogP contribution in [0.1, 0.15) is 38.9 Å². The molecule has 0 aliphatic heterocycles. The van der Waals surface area contributed by atoms with Gasteiger partial charge in [-0.25, -0.2) is 9.97 Å². The lowest BCUT2D eigenvalue weighted by molar-refractivity contribution is 0.532. The average Bonchev–Trinajstić information content (AvgIpc) is 2.85. The van der Waals surface area contributed by atoms with Crippen LogP contribution in [0.15, 0.2) is 18.5 Å². The molecule has 0 bridgehead atoms. The van der Waals surface area contributed by atoms with E-state index in [1.807, 2.05) is 30.1 Å². The Morgan fingerprint density at radius 3 is 2.74 bits per heavy atom. The zero-order chi connectivity index (χ0) is 13.8. The molecule has 0 fully saturated rings. The second kappa shape index (κ2) is 5.82. The number of hydrogen-bond acceptors (Lipinski definition) is 4. The quantitative estimate of drug-likeness (QED) is 0.896. The molecule has 0 unspecified atom stereocenters. The van der Waals surface area contributed by atoms with E-state index in [0.29, 0.717) is 6.04 Å². The highest BCUT2D eigenvalue weighted by Crippen LogP contribution is 2.18. The molecular formula is C14H21N5. The van der Waals surface area contributed by atoms with Crippen LogP contribution in [-0.2, 0) is 0 Å². The zero-order valence-electron chi connectivity index (χ0n) is 12.0. The van der Waals surface area contributed by atoms with Gasteiger partial charge in [0, 0.05) is 30.5 Å². The van der Waals surface area contributed by atoms with Crippen LogP contribution in [0.4, 0.5) is 5.82 Å². The largest absolute Gasteiger partial charge is 0.370 e. The molecule has 19 heavy (non-hydrogen) atoms. The van der Waals surface area contributed by atoms with Crippen molar-refractivity contribution in [3.8, 4) is 11.4 Å².